The Bertz CT molecular complexity index is 601. The highest BCUT2D eigenvalue weighted by molar-refractivity contribution is 5.92. The number of carboxylic acids is 1. The Hall–Kier alpha value is -2.57. The van der Waals surface area contributed by atoms with Crippen LogP contribution in [-0.4, -0.2) is 36.1 Å². The third-order valence-corrected chi connectivity index (χ3v) is 4.12. The molecule has 2 rings (SSSR count). The Balaban J connectivity index is 1.67. The van der Waals surface area contributed by atoms with E-state index in [0.717, 1.165) is 0 Å². The molecule has 1 aliphatic rings. The summed E-state index contributed by atoms with van der Waals surface area (Å²) in [5.41, 5.74) is 0.159. The number of urea groups is 1. The molecule has 0 saturated heterocycles. The SMILES string of the molecule is CC1(C)[C@H](C(=O)O)[C@H]1C(=O)NCCNC(=O)Nc1ccccc1. The lowest BCUT2D eigenvalue weighted by molar-refractivity contribution is -0.140. The summed E-state index contributed by atoms with van der Waals surface area (Å²) in [6, 6.07) is 8.65. The number of para-hydroxylation sites is 1. The standard InChI is InChI=1S/C16H21N3O4/c1-16(2)11(12(16)14(21)22)13(20)17-8-9-18-15(23)19-10-6-4-3-5-7-10/h3-7,11-12H,8-9H2,1-2H3,(H,17,20)(H,21,22)(H2,18,19,23)/t11-,12-/m0/s1. The molecule has 0 radical (unpaired) electrons. The first-order valence-corrected chi connectivity index (χ1v) is 7.44. The van der Waals surface area contributed by atoms with Crippen molar-refractivity contribution in [3.63, 3.8) is 0 Å². The average molecular weight is 319 g/mol. The van der Waals surface area contributed by atoms with Gasteiger partial charge in [-0.2, -0.15) is 0 Å². The molecular weight excluding hydrogens is 298 g/mol. The predicted octanol–water partition coefficient (Wildman–Crippen LogP) is 1.28. The molecule has 0 spiro atoms. The van der Waals surface area contributed by atoms with Crippen molar-refractivity contribution in [2.45, 2.75) is 13.8 Å². The number of carbonyl (C=O) groups excluding carboxylic acids is 2. The molecule has 1 aromatic rings. The highest BCUT2D eigenvalue weighted by Gasteiger charge is 2.65. The first-order valence-electron chi connectivity index (χ1n) is 7.44. The number of amides is 3. The van der Waals surface area contributed by atoms with Crippen molar-refractivity contribution in [3.8, 4) is 0 Å². The molecule has 1 aromatic carbocycles. The van der Waals surface area contributed by atoms with Crippen LogP contribution < -0.4 is 16.0 Å². The van der Waals surface area contributed by atoms with Crippen LogP contribution >= 0.6 is 0 Å². The van der Waals surface area contributed by atoms with E-state index < -0.39 is 23.2 Å². The van der Waals surface area contributed by atoms with Crippen molar-refractivity contribution < 1.29 is 19.5 Å². The van der Waals surface area contributed by atoms with Gasteiger partial charge in [-0.15, -0.1) is 0 Å². The number of carbonyl (C=O) groups is 3. The summed E-state index contributed by atoms with van der Waals surface area (Å²) in [6.45, 7) is 4.04. The van der Waals surface area contributed by atoms with Gasteiger partial charge in [-0.05, 0) is 17.5 Å². The molecule has 1 aliphatic carbocycles. The summed E-state index contributed by atoms with van der Waals surface area (Å²) in [5.74, 6) is -2.39. The Morgan fingerprint density at radius 1 is 1.04 bits per heavy atom. The fourth-order valence-electron chi connectivity index (χ4n) is 2.76. The molecule has 23 heavy (non-hydrogen) atoms. The number of anilines is 1. The van der Waals surface area contributed by atoms with E-state index in [1.807, 2.05) is 18.2 Å². The van der Waals surface area contributed by atoms with Gasteiger partial charge in [0.15, 0.2) is 0 Å². The van der Waals surface area contributed by atoms with Crippen molar-refractivity contribution >= 4 is 23.6 Å². The summed E-state index contributed by atoms with van der Waals surface area (Å²) in [7, 11) is 0. The second-order valence-electron chi connectivity index (χ2n) is 6.15. The van der Waals surface area contributed by atoms with Crippen molar-refractivity contribution in [2.24, 2.45) is 17.3 Å². The van der Waals surface area contributed by atoms with E-state index in [1.165, 1.54) is 0 Å². The molecule has 7 heteroatoms. The largest absolute Gasteiger partial charge is 0.481 e. The minimum absolute atomic E-state index is 0.250. The topological polar surface area (TPSA) is 108 Å². The smallest absolute Gasteiger partial charge is 0.319 e. The molecule has 0 bridgehead atoms. The molecule has 3 amide bonds. The van der Waals surface area contributed by atoms with Crippen LogP contribution in [0.5, 0.6) is 0 Å². The third-order valence-electron chi connectivity index (χ3n) is 4.12. The van der Waals surface area contributed by atoms with Gasteiger partial charge in [0.05, 0.1) is 11.8 Å². The lowest BCUT2D eigenvalue weighted by Crippen LogP contribution is -2.37. The van der Waals surface area contributed by atoms with Crippen LogP contribution in [0, 0.1) is 17.3 Å². The summed E-state index contributed by atoms with van der Waals surface area (Å²) in [6.07, 6.45) is 0. The quantitative estimate of drug-likeness (QED) is 0.592. The van der Waals surface area contributed by atoms with E-state index in [1.54, 1.807) is 26.0 Å². The van der Waals surface area contributed by atoms with E-state index in [4.69, 9.17) is 5.11 Å². The zero-order valence-electron chi connectivity index (χ0n) is 13.1. The van der Waals surface area contributed by atoms with Gasteiger partial charge in [0.25, 0.3) is 0 Å². The van der Waals surface area contributed by atoms with Crippen molar-refractivity contribution in [3.05, 3.63) is 30.3 Å². The van der Waals surface area contributed by atoms with Gasteiger partial charge in [-0.3, -0.25) is 9.59 Å². The number of nitrogens with one attached hydrogen (secondary N) is 3. The first kappa shape index (κ1) is 16.8. The number of carboxylic acid groups (broad SMARTS) is 1. The minimum atomic E-state index is -0.949. The maximum absolute atomic E-state index is 12.0. The molecule has 2 atom stereocenters. The van der Waals surface area contributed by atoms with Crippen LogP contribution in [0.15, 0.2) is 30.3 Å². The molecule has 0 aromatic heterocycles. The fourth-order valence-corrected chi connectivity index (χ4v) is 2.76. The third kappa shape index (κ3) is 4.00. The summed E-state index contributed by atoms with van der Waals surface area (Å²) in [5, 5.41) is 17.0. The fraction of sp³-hybridized carbons (Fsp3) is 0.438. The molecule has 0 aliphatic heterocycles. The highest BCUT2D eigenvalue weighted by atomic mass is 16.4. The predicted molar refractivity (Wildman–Crippen MR) is 84.9 cm³/mol. The van der Waals surface area contributed by atoms with Crippen molar-refractivity contribution in [2.75, 3.05) is 18.4 Å². The van der Waals surface area contributed by atoms with E-state index in [9.17, 15) is 14.4 Å². The van der Waals surface area contributed by atoms with Gasteiger partial charge in [-0.25, -0.2) is 4.79 Å². The summed E-state index contributed by atoms with van der Waals surface area (Å²) < 4.78 is 0. The van der Waals surface area contributed by atoms with Crippen LogP contribution in [0.3, 0.4) is 0 Å². The molecule has 1 fully saturated rings. The summed E-state index contributed by atoms with van der Waals surface area (Å²) in [4.78, 5) is 34.6. The van der Waals surface area contributed by atoms with E-state index in [2.05, 4.69) is 16.0 Å². The normalized spacial score (nSPS) is 21.1. The first-order chi connectivity index (χ1) is 10.8. The van der Waals surface area contributed by atoms with Gasteiger partial charge in [-0.1, -0.05) is 32.0 Å². The Labute approximate surface area is 134 Å². The molecule has 7 nitrogen and oxygen atoms in total. The van der Waals surface area contributed by atoms with E-state index in [0.29, 0.717) is 5.69 Å². The average Bonchev–Trinajstić information content (AvgIpc) is 3.07. The molecular formula is C16H21N3O4. The second-order valence-corrected chi connectivity index (χ2v) is 6.15. The van der Waals surface area contributed by atoms with Crippen LogP contribution in [0.1, 0.15) is 13.8 Å². The van der Waals surface area contributed by atoms with Gasteiger partial charge in [0, 0.05) is 18.8 Å². The van der Waals surface area contributed by atoms with Gasteiger partial charge < -0.3 is 21.1 Å². The van der Waals surface area contributed by atoms with Crippen LogP contribution in [0.25, 0.3) is 0 Å². The molecule has 124 valence electrons. The van der Waals surface area contributed by atoms with Crippen LogP contribution in [0.4, 0.5) is 10.5 Å². The van der Waals surface area contributed by atoms with E-state index in [-0.39, 0.29) is 25.0 Å². The zero-order chi connectivity index (χ0) is 17.0. The Morgan fingerprint density at radius 3 is 2.22 bits per heavy atom. The maximum Gasteiger partial charge on any atom is 0.319 e. The molecule has 1 saturated carbocycles. The molecule has 0 unspecified atom stereocenters. The number of benzene rings is 1. The zero-order valence-corrected chi connectivity index (χ0v) is 13.1. The van der Waals surface area contributed by atoms with Gasteiger partial charge >= 0.3 is 12.0 Å². The number of hydrogen-bond donors (Lipinski definition) is 4. The monoisotopic (exact) mass is 319 g/mol. The van der Waals surface area contributed by atoms with Crippen molar-refractivity contribution in [1.29, 1.82) is 0 Å². The minimum Gasteiger partial charge on any atom is -0.481 e. The number of aliphatic carboxylic acids is 1. The number of rotatable bonds is 6. The molecule has 0 heterocycles. The maximum atomic E-state index is 12.0. The Kier molecular flexibility index (Phi) is 4.88. The second kappa shape index (κ2) is 6.68. The van der Waals surface area contributed by atoms with Gasteiger partial charge in [0.1, 0.15) is 0 Å². The van der Waals surface area contributed by atoms with Crippen molar-refractivity contribution in [1.82, 2.24) is 10.6 Å². The van der Waals surface area contributed by atoms with Crippen LogP contribution in [-0.2, 0) is 9.59 Å². The highest BCUT2D eigenvalue weighted by Crippen LogP contribution is 2.58. The molecule has 4 N–H and O–H groups in total. The number of hydrogen-bond acceptors (Lipinski definition) is 3. The Morgan fingerprint density at radius 2 is 1.65 bits per heavy atom. The van der Waals surface area contributed by atoms with E-state index >= 15 is 0 Å². The summed E-state index contributed by atoms with van der Waals surface area (Å²) >= 11 is 0. The lowest BCUT2D eigenvalue weighted by Gasteiger charge is -2.09. The lowest BCUT2D eigenvalue weighted by atomic mass is 10.1. The van der Waals surface area contributed by atoms with Gasteiger partial charge in [0.2, 0.25) is 5.91 Å². The van der Waals surface area contributed by atoms with Crippen LogP contribution in [0.2, 0.25) is 0 Å².